The third-order valence-corrected chi connectivity index (χ3v) is 3.90. The molecule has 0 spiro atoms. The zero-order chi connectivity index (χ0) is 17.0. The van der Waals surface area contributed by atoms with Gasteiger partial charge in [-0.05, 0) is 43.0 Å². The molecule has 1 heterocycles. The van der Waals surface area contributed by atoms with E-state index in [2.05, 4.69) is 31.9 Å². The van der Waals surface area contributed by atoms with Gasteiger partial charge in [0.05, 0.1) is 6.20 Å². The molecule has 0 saturated heterocycles. The zero-order valence-electron chi connectivity index (χ0n) is 14.4. The average Bonchev–Trinajstić information content (AvgIpc) is 2.83. The van der Waals surface area contributed by atoms with Crippen molar-refractivity contribution >= 4 is 5.97 Å². The Morgan fingerprint density at radius 2 is 2.00 bits per heavy atom. The number of ether oxygens (including phenoxy) is 2. The smallest absolute Gasteiger partial charge is 0.341 e. The van der Waals surface area contributed by atoms with E-state index >= 15 is 0 Å². The third-order valence-electron chi connectivity index (χ3n) is 3.90. The summed E-state index contributed by atoms with van der Waals surface area (Å²) in [7, 11) is 1.79. The number of nitrogens with zero attached hydrogens (tertiary/aromatic N) is 2. The van der Waals surface area contributed by atoms with Gasteiger partial charge in [-0.25, -0.2) is 4.79 Å². The highest BCUT2D eigenvalue weighted by molar-refractivity contribution is 5.90. The summed E-state index contributed by atoms with van der Waals surface area (Å²) in [6.45, 7) is 8.78. The summed E-state index contributed by atoms with van der Waals surface area (Å²) in [6.07, 6.45) is 1.52. The van der Waals surface area contributed by atoms with Crippen molar-refractivity contribution in [2.24, 2.45) is 7.05 Å². The van der Waals surface area contributed by atoms with Gasteiger partial charge in [-0.15, -0.1) is 0 Å². The fourth-order valence-electron chi connectivity index (χ4n) is 2.46. The number of hydrogen-bond acceptors (Lipinski definition) is 4. The van der Waals surface area contributed by atoms with E-state index in [0.717, 1.165) is 11.4 Å². The van der Waals surface area contributed by atoms with E-state index in [9.17, 15) is 4.79 Å². The molecule has 2 rings (SSSR count). The molecule has 1 aromatic carbocycles. The molecule has 0 atom stereocenters. The van der Waals surface area contributed by atoms with Crippen LogP contribution in [0.25, 0.3) is 0 Å². The van der Waals surface area contributed by atoms with Crippen molar-refractivity contribution in [1.82, 2.24) is 9.78 Å². The lowest BCUT2D eigenvalue weighted by Gasteiger charge is -2.12. The van der Waals surface area contributed by atoms with Gasteiger partial charge in [0.25, 0.3) is 0 Å². The Balaban J connectivity index is 1.83. The number of carbonyl (C=O) groups excluding carboxylic acids is 1. The lowest BCUT2D eigenvalue weighted by molar-refractivity contribution is 0.0449. The molecule has 0 aliphatic carbocycles. The van der Waals surface area contributed by atoms with E-state index in [-0.39, 0.29) is 12.6 Å². The van der Waals surface area contributed by atoms with Gasteiger partial charge in [0.2, 0.25) is 0 Å². The summed E-state index contributed by atoms with van der Waals surface area (Å²) < 4.78 is 12.5. The summed E-state index contributed by atoms with van der Waals surface area (Å²) in [5.41, 5.74) is 3.80. The molecule has 0 aliphatic heterocycles. The molecule has 2 aromatic rings. The van der Waals surface area contributed by atoms with Crippen LogP contribution in [-0.2, 0) is 11.8 Å². The topological polar surface area (TPSA) is 53.4 Å². The summed E-state index contributed by atoms with van der Waals surface area (Å²) >= 11 is 0. The first-order valence-corrected chi connectivity index (χ1v) is 7.79. The van der Waals surface area contributed by atoms with E-state index in [4.69, 9.17) is 9.47 Å². The van der Waals surface area contributed by atoms with Crippen molar-refractivity contribution < 1.29 is 14.3 Å². The first-order chi connectivity index (χ1) is 10.9. The van der Waals surface area contributed by atoms with Crippen LogP contribution in [0.3, 0.4) is 0 Å². The number of hydrogen-bond donors (Lipinski definition) is 0. The minimum Gasteiger partial charge on any atom is -0.490 e. The normalized spacial score (nSPS) is 10.9. The molecule has 124 valence electrons. The molecule has 0 N–H and O–H groups in total. The largest absolute Gasteiger partial charge is 0.490 e. The number of esters is 1. The van der Waals surface area contributed by atoms with Crippen molar-refractivity contribution in [2.45, 2.75) is 33.6 Å². The minimum absolute atomic E-state index is 0.206. The maximum absolute atomic E-state index is 11.9. The van der Waals surface area contributed by atoms with Crippen LogP contribution in [0.2, 0.25) is 0 Å². The van der Waals surface area contributed by atoms with Crippen LogP contribution in [0, 0.1) is 13.8 Å². The van der Waals surface area contributed by atoms with Gasteiger partial charge in [0.15, 0.2) is 0 Å². The Morgan fingerprint density at radius 1 is 1.26 bits per heavy atom. The standard InChI is InChI=1S/C18H24N2O3/c1-12(2)16-7-6-15(10-13(16)3)22-8-9-23-18(21)17-11-19-20(5)14(17)4/h6-7,10-12H,8-9H2,1-5H3. The summed E-state index contributed by atoms with van der Waals surface area (Å²) in [5, 5.41) is 4.03. The van der Waals surface area contributed by atoms with E-state index in [1.54, 1.807) is 11.7 Å². The monoisotopic (exact) mass is 316 g/mol. The second kappa shape index (κ2) is 7.31. The molecule has 5 heteroatoms. The third kappa shape index (κ3) is 4.12. The number of benzene rings is 1. The maximum atomic E-state index is 11.9. The van der Waals surface area contributed by atoms with Gasteiger partial charge < -0.3 is 9.47 Å². The van der Waals surface area contributed by atoms with Crippen molar-refractivity contribution in [3.05, 3.63) is 46.8 Å². The van der Waals surface area contributed by atoms with Crippen LogP contribution in [0.1, 0.15) is 46.9 Å². The average molecular weight is 316 g/mol. The van der Waals surface area contributed by atoms with Crippen LogP contribution in [0.15, 0.2) is 24.4 Å². The van der Waals surface area contributed by atoms with Crippen LogP contribution in [0.5, 0.6) is 5.75 Å². The van der Waals surface area contributed by atoms with Crippen molar-refractivity contribution in [2.75, 3.05) is 13.2 Å². The molecule has 23 heavy (non-hydrogen) atoms. The Bertz CT molecular complexity index is 690. The Kier molecular flexibility index (Phi) is 5.42. The van der Waals surface area contributed by atoms with Crippen molar-refractivity contribution in [3.63, 3.8) is 0 Å². The predicted octanol–water partition coefficient (Wildman–Crippen LogP) is 3.40. The molecule has 0 aliphatic rings. The van der Waals surface area contributed by atoms with Crippen LogP contribution >= 0.6 is 0 Å². The Hall–Kier alpha value is -2.30. The van der Waals surface area contributed by atoms with Crippen LogP contribution < -0.4 is 4.74 Å². The number of rotatable bonds is 6. The first-order valence-electron chi connectivity index (χ1n) is 7.79. The maximum Gasteiger partial charge on any atom is 0.341 e. The van der Waals surface area contributed by atoms with E-state index < -0.39 is 0 Å². The SMILES string of the molecule is Cc1cc(OCCOC(=O)c2cnn(C)c2C)ccc1C(C)C. The second-order valence-electron chi connectivity index (χ2n) is 5.92. The lowest BCUT2D eigenvalue weighted by atomic mass is 9.98. The molecule has 1 aromatic heterocycles. The fourth-order valence-corrected chi connectivity index (χ4v) is 2.46. The zero-order valence-corrected chi connectivity index (χ0v) is 14.4. The first kappa shape index (κ1) is 17.1. The molecule has 0 radical (unpaired) electrons. The molecule has 0 unspecified atom stereocenters. The highest BCUT2D eigenvalue weighted by atomic mass is 16.6. The van der Waals surface area contributed by atoms with Gasteiger partial charge in [0, 0.05) is 12.7 Å². The molecular formula is C18H24N2O3. The van der Waals surface area contributed by atoms with E-state index in [1.165, 1.54) is 17.3 Å². The van der Waals surface area contributed by atoms with Crippen molar-refractivity contribution in [1.29, 1.82) is 0 Å². The molecule has 0 saturated carbocycles. The van der Waals surface area contributed by atoms with Gasteiger partial charge in [-0.1, -0.05) is 19.9 Å². The lowest BCUT2D eigenvalue weighted by Crippen LogP contribution is -2.13. The molecule has 0 amide bonds. The molecule has 0 bridgehead atoms. The Morgan fingerprint density at radius 3 is 2.57 bits per heavy atom. The highest BCUT2D eigenvalue weighted by Gasteiger charge is 2.14. The summed E-state index contributed by atoms with van der Waals surface area (Å²) in [5.74, 6) is 0.916. The number of carbonyl (C=O) groups is 1. The van der Waals surface area contributed by atoms with E-state index in [0.29, 0.717) is 18.1 Å². The van der Waals surface area contributed by atoms with Gasteiger partial charge in [0.1, 0.15) is 24.5 Å². The van der Waals surface area contributed by atoms with Crippen LogP contribution in [-0.4, -0.2) is 29.0 Å². The Labute approximate surface area is 137 Å². The summed E-state index contributed by atoms with van der Waals surface area (Å²) in [4.78, 5) is 11.9. The van der Waals surface area contributed by atoms with E-state index in [1.807, 2.05) is 19.1 Å². The van der Waals surface area contributed by atoms with Gasteiger partial charge >= 0.3 is 5.97 Å². The van der Waals surface area contributed by atoms with Crippen molar-refractivity contribution in [3.8, 4) is 5.75 Å². The fraction of sp³-hybridized carbons (Fsp3) is 0.444. The second-order valence-corrected chi connectivity index (χ2v) is 5.92. The number of aryl methyl sites for hydroxylation is 2. The van der Waals surface area contributed by atoms with Crippen LogP contribution in [0.4, 0.5) is 0 Å². The van der Waals surface area contributed by atoms with Gasteiger partial charge in [-0.3, -0.25) is 4.68 Å². The number of aromatic nitrogens is 2. The van der Waals surface area contributed by atoms with Gasteiger partial charge in [-0.2, -0.15) is 5.10 Å². The molecular weight excluding hydrogens is 292 g/mol. The highest BCUT2D eigenvalue weighted by Crippen LogP contribution is 2.23. The molecule has 5 nitrogen and oxygen atoms in total. The summed E-state index contributed by atoms with van der Waals surface area (Å²) in [6, 6.07) is 6.05. The predicted molar refractivity (Wildman–Crippen MR) is 89.0 cm³/mol. The minimum atomic E-state index is -0.370. The molecule has 0 fully saturated rings. The quantitative estimate of drug-likeness (QED) is 0.605.